The molecule has 0 aromatic rings. The zero-order chi connectivity index (χ0) is 13.1. The number of rotatable bonds is 1. The van der Waals surface area contributed by atoms with E-state index in [-0.39, 0.29) is 12.5 Å². The lowest BCUT2D eigenvalue weighted by molar-refractivity contribution is -0.158. The molecule has 6 heteroatoms. The summed E-state index contributed by atoms with van der Waals surface area (Å²) in [4.78, 5) is 24.6. The van der Waals surface area contributed by atoms with Crippen LogP contribution in [0, 0.1) is 0 Å². The van der Waals surface area contributed by atoms with Crippen LogP contribution in [0.2, 0.25) is 0 Å². The fourth-order valence-corrected chi connectivity index (χ4v) is 1.58. The molecule has 1 atom stereocenters. The summed E-state index contributed by atoms with van der Waals surface area (Å²) < 4.78 is 9.88. The first-order valence-electron chi connectivity index (χ1n) is 5.62. The van der Waals surface area contributed by atoms with Crippen molar-refractivity contribution in [3.63, 3.8) is 0 Å². The van der Waals surface area contributed by atoms with Crippen LogP contribution in [-0.2, 0) is 14.3 Å². The molecule has 1 aliphatic heterocycles. The second kappa shape index (κ2) is 5.35. The largest absolute Gasteiger partial charge is 0.459 e. The van der Waals surface area contributed by atoms with Crippen LogP contribution in [0.3, 0.4) is 0 Å². The molecule has 0 aromatic heterocycles. The Morgan fingerprint density at radius 2 is 2.00 bits per heavy atom. The van der Waals surface area contributed by atoms with Crippen molar-refractivity contribution in [3.05, 3.63) is 0 Å². The van der Waals surface area contributed by atoms with E-state index in [4.69, 9.17) is 4.74 Å². The Morgan fingerprint density at radius 1 is 1.35 bits per heavy atom. The van der Waals surface area contributed by atoms with Crippen molar-refractivity contribution >= 4 is 12.1 Å². The van der Waals surface area contributed by atoms with E-state index in [1.165, 1.54) is 12.0 Å². The second-order valence-corrected chi connectivity index (χ2v) is 4.96. The quantitative estimate of drug-likeness (QED) is 0.675. The third-order valence-electron chi connectivity index (χ3n) is 2.30. The zero-order valence-corrected chi connectivity index (χ0v) is 10.8. The molecule has 1 saturated heterocycles. The van der Waals surface area contributed by atoms with Crippen LogP contribution in [0.4, 0.5) is 4.79 Å². The summed E-state index contributed by atoms with van der Waals surface area (Å²) in [6.07, 6.45) is -0.417. The topological polar surface area (TPSA) is 67.9 Å². The lowest BCUT2D eigenvalue weighted by Gasteiger charge is -2.32. The van der Waals surface area contributed by atoms with Gasteiger partial charge in [-0.1, -0.05) is 0 Å². The second-order valence-electron chi connectivity index (χ2n) is 4.96. The maximum atomic E-state index is 11.8. The van der Waals surface area contributed by atoms with E-state index in [1.54, 1.807) is 0 Å². The summed E-state index contributed by atoms with van der Waals surface area (Å²) in [7, 11) is 1.33. The highest BCUT2D eigenvalue weighted by atomic mass is 16.6. The first-order valence-corrected chi connectivity index (χ1v) is 5.62. The molecule has 1 aliphatic rings. The van der Waals surface area contributed by atoms with E-state index in [2.05, 4.69) is 10.1 Å². The minimum atomic E-state index is -0.522. The van der Waals surface area contributed by atoms with Crippen molar-refractivity contribution < 1.29 is 19.1 Å². The van der Waals surface area contributed by atoms with Gasteiger partial charge in [0.25, 0.3) is 0 Å². The Morgan fingerprint density at radius 3 is 2.53 bits per heavy atom. The van der Waals surface area contributed by atoms with Gasteiger partial charge >= 0.3 is 12.1 Å². The summed E-state index contributed by atoms with van der Waals surface area (Å²) in [5, 5.41) is 3.03. The van der Waals surface area contributed by atoms with Gasteiger partial charge in [0.05, 0.1) is 13.7 Å². The minimum absolute atomic E-state index is 0.279. The minimum Gasteiger partial charge on any atom is -0.459 e. The fraction of sp³-hybridized carbons (Fsp3) is 0.818. The summed E-state index contributed by atoms with van der Waals surface area (Å²) in [5.41, 5.74) is -0.522. The number of carbonyl (C=O) groups is 2. The Labute approximate surface area is 101 Å². The highest BCUT2D eigenvalue weighted by Gasteiger charge is 2.31. The number of methoxy groups -OCH3 is 1. The summed E-state index contributed by atoms with van der Waals surface area (Å²) in [5.74, 6) is -0.342. The zero-order valence-electron chi connectivity index (χ0n) is 10.8. The first kappa shape index (κ1) is 13.8. The van der Waals surface area contributed by atoms with Gasteiger partial charge in [0.2, 0.25) is 0 Å². The number of hydrogen-bond donors (Lipinski definition) is 1. The molecule has 98 valence electrons. The van der Waals surface area contributed by atoms with E-state index < -0.39 is 17.7 Å². The highest BCUT2D eigenvalue weighted by molar-refractivity contribution is 5.78. The number of hydrogen-bond acceptors (Lipinski definition) is 5. The first-order chi connectivity index (χ1) is 7.83. The molecule has 6 nitrogen and oxygen atoms in total. The molecule has 0 aliphatic carbocycles. The predicted molar refractivity (Wildman–Crippen MR) is 61.6 cm³/mol. The van der Waals surface area contributed by atoms with Crippen LogP contribution in [0.5, 0.6) is 0 Å². The predicted octanol–water partition coefficient (Wildman–Crippen LogP) is 0.368. The molecular weight excluding hydrogens is 224 g/mol. The summed E-state index contributed by atoms with van der Waals surface area (Å²) in [6, 6.07) is -0.484. The Balaban J connectivity index is 2.55. The fourth-order valence-electron chi connectivity index (χ4n) is 1.58. The molecule has 1 rings (SSSR count). The molecule has 0 spiro atoms. The molecule has 0 aromatic carbocycles. The maximum absolute atomic E-state index is 11.8. The van der Waals surface area contributed by atoms with E-state index in [0.717, 1.165) is 0 Å². The van der Waals surface area contributed by atoms with Gasteiger partial charge in [-0.2, -0.15) is 0 Å². The van der Waals surface area contributed by atoms with Gasteiger partial charge in [0, 0.05) is 13.1 Å². The lowest BCUT2D eigenvalue weighted by Crippen LogP contribution is -2.56. The molecule has 1 amide bonds. The molecule has 1 fully saturated rings. The molecule has 1 heterocycles. The molecule has 17 heavy (non-hydrogen) atoms. The number of piperazine rings is 1. The van der Waals surface area contributed by atoms with Crippen molar-refractivity contribution in [2.45, 2.75) is 32.4 Å². The van der Waals surface area contributed by atoms with Crippen LogP contribution >= 0.6 is 0 Å². The van der Waals surface area contributed by atoms with Crippen LogP contribution in [0.25, 0.3) is 0 Å². The monoisotopic (exact) mass is 244 g/mol. The van der Waals surface area contributed by atoms with Crippen molar-refractivity contribution in [2.24, 2.45) is 0 Å². The van der Waals surface area contributed by atoms with Crippen LogP contribution < -0.4 is 5.32 Å². The van der Waals surface area contributed by atoms with E-state index in [0.29, 0.717) is 13.1 Å². The van der Waals surface area contributed by atoms with Crippen molar-refractivity contribution in [2.75, 3.05) is 26.7 Å². The van der Waals surface area contributed by atoms with Crippen molar-refractivity contribution in [3.8, 4) is 0 Å². The lowest BCUT2D eigenvalue weighted by atomic mass is 10.1. The Kier molecular flexibility index (Phi) is 4.34. The highest BCUT2D eigenvalue weighted by Crippen LogP contribution is 2.10. The molecule has 0 unspecified atom stereocenters. The number of nitrogens with one attached hydrogen (secondary N) is 1. The van der Waals surface area contributed by atoms with Crippen LogP contribution in [-0.4, -0.2) is 55.3 Å². The smallest absolute Gasteiger partial charge is 0.409 e. The summed E-state index contributed by atoms with van der Waals surface area (Å²) in [6.45, 7) is 6.80. The van der Waals surface area contributed by atoms with Crippen LogP contribution in [0.1, 0.15) is 20.8 Å². The van der Waals surface area contributed by atoms with E-state index in [9.17, 15) is 9.59 Å². The SMILES string of the molecule is COC(=O)N1CCN[C@@H](C(=O)OC(C)(C)C)C1. The average molecular weight is 244 g/mol. The van der Waals surface area contributed by atoms with Crippen LogP contribution in [0.15, 0.2) is 0 Å². The molecular formula is C11H20N2O4. The molecule has 0 bridgehead atoms. The van der Waals surface area contributed by atoms with Gasteiger partial charge in [-0.25, -0.2) is 4.79 Å². The van der Waals surface area contributed by atoms with Gasteiger partial charge < -0.3 is 19.7 Å². The standard InChI is InChI=1S/C11H20N2O4/c1-11(2,3)17-9(14)8-7-13(6-5-12-8)10(15)16-4/h8,12H,5-7H2,1-4H3/t8-/m1/s1. The maximum Gasteiger partial charge on any atom is 0.409 e. The van der Waals surface area contributed by atoms with Gasteiger partial charge in [-0.3, -0.25) is 4.79 Å². The van der Waals surface area contributed by atoms with Crippen molar-refractivity contribution in [1.29, 1.82) is 0 Å². The number of esters is 1. The van der Waals surface area contributed by atoms with Gasteiger partial charge in [0.1, 0.15) is 11.6 Å². The van der Waals surface area contributed by atoms with Gasteiger partial charge in [-0.15, -0.1) is 0 Å². The number of amides is 1. The molecule has 0 saturated carbocycles. The Bertz CT molecular complexity index is 298. The van der Waals surface area contributed by atoms with E-state index >= 15 is 0 Å². The summed E-state index contributed by atoms with van der Waals surface area (Å²) >= 11 is 0. The normalized spacial score (nSPS) is 20.9. The van der Waals surface area contributed by atoms with Gasteiger partial charge in [-0.05, 0) is 20.8 Å². The number of carbonyl (C=O) groups excluding carboxylic acids is 2. The van der Waals surface area contributed by atoms with Crippen molar-refractivity contribution in [1.82, 2.24) is 10.2 Å². The number of nitrogens with zero attached hydrogens (tertiary/aromatic N) is 1. The Hall–Kier alpha value is -1.30. The number of ether oxygens (including phenoxy) is 2. The third kappa shape index (κ3) is 4.22. The third-order valence-corrected chi connectivity index (χ3v) is 2.30. The molecule has 1 N–H and O–H groups in total. The molecule has 0 radical (unpaired) electrons. The average Bonchev–Trinajstić information content (AvgIpc) is 2.26. The van der Waals surface area contributed by atoms with Gasteiger partial charge in [0.15, 0.2) is 0 Å². The van der Waals surface area contributed by atoms with E-state index in [1.807, 2.05) is 20.8 Å².